The molecule has 0 radical (unpaired) electrons. The van der Waals surface area contributed by atoms with Crippen LogP contribution in [-0.2, 0) is 15.0 Å². The largest absolute Gasteiger partial charge is 0.355 e. The predicted molar refractivity (Wildman–Crippen MR) is 78.5 cm³/mol. The lowest BCUT2D eigenvalue weighted by atomic mass is 9.97. The van der Waals surface area contributed by atoms with Crippen LogP contribution in [0.15, 0.2) is 0 Å². The molecule has 0 aliphatic carbocycles. The zero-order chi connectivity index (χ0) is 15.3. The average molecular weight is 306 g/mol. The summed E-state index contributed by atoms with van der Waals surface area (Å²) in [6.45, 7) is 2.25. The van der Waals surface area contributed by atoms with Crippen molar-refractivity contribution in [2.24, 2.45) is 5.92 Å². The van der Waals surface area contributed by atoms with Gasteiger partial charge in [-0.25, -0.2) is 0 Å². The quantitative estimate of drug-likeness (QED) is 0.696. The Hall–Kier alpha value is -0.700. The Morgan fingerprint density at radius 1 is 1.20 bits per heavy atom. The second kappa shape index (κ2) is 7.35. The molecular weight excluding hydrogens is 280 g/mol. The third kappa shape index (κ3) is 4.69. The molecule has 0 atom stereocenters. The Kier molecular flexibility index (Phi) is 6.38. The van der Waals surface area contributed by atoms with Crippen LogP contribution in [0.3, 0.4) is 0 Å². The topological polar surface area (TPSA) is 73.0 Å². The normalized spacial score (nSPS) is 18.7. The van der Waals surface area contributed by atoms with Gasteiger partial charge in [0.15, 0.2) is 0 Å². The summed E-state index contributed by atoms with van der Waals surface area (Å²) in [4.78, 5) is 14.0. The molecule has 1 aliphatic heterocycles. The number of carbonyl (C=O) groups is 1. The van der Waals surface area contributed by atoms with Crippen LogP contribution < -0.4 is 5.32 Å². The number of hydrogen-bond acceptors (Lipinski definition) is 4. The Morgan fingerprint density at radius 3 is 2.20 bits per heavy atom. The monoisotopic (exact) mass is 306 g/mol. The molecule has 1 fully saturated rings. The molecule has 0 spiro atoms. The molecule has 1 aliphatic rings. The summed E-state index contributed by atoms with van der Waals surface area (Å²) in [5, 5.41) is 2.90. The summed E-state index contributed by atoms with van der Waals surface area (Å²) in [6.07, 6.45) is 1.17. The van der Waals surface area contributed by atoms with Crippen molar-refractivity contribution in [1.29, 1.82) is 0 Å². The summed E-state index contributed by atoms with van der Waals surface area (Å²) in [6, 6.07) is 0. The minimum Gasteiger partial charge on any atom is -0.355 e. The van der Waals surface area contributed by atoms with E-state index in [4.69, 9.17) is 0 Å². The molecule has 1 saturated heterocycles. The summed E-state index contributed by atoms with van der Waals surface area (Å²) >= 11 is 0. The fourth-order valence-corrected chi connectivity index (χ4v) is 3.26. The predicted octanol–water partition coefficient (Wildman–Crippen LogP) is -0.817. The molecule has 1 amide bonds. The number of amides is 1. The van der Waals surface area contributed by atoms with E-state index in [0.29, 0.717) is 32.5 Å². The van der Waals surface area contributed by atoms with Gasteiger partial charge in [-0.15, -0.1) is 0 Å². The summed E-state index contributed by atoms with van der Waals surface area (Å²) in [5.74, 6) is -0.0421. The number of likely N-dealkylation sites (N-methyl/N-ethyl adjacent to an activating group) is 1. The molecule has 0 saturated carbocycles. The van der Waals surface area contributed by atoms with E-state index in [0.717, 1.165) is 6.54 Å². The molecule has 118 valence electrons. The second-order valence-corrected chi connectivity index (χ2v) is 7.70. The van der Waals surface area contributed by atoms with E-state index in [2.05, 4.69) is 5.32 Å². The van der Waals surface area contributed by atoms with Crippen LogP contribution in [0.2, 0.25) is 0 Å². The first-order valence-electron chi connectivity index (χ1n) is 6.85. The highest BCUT2D eigenvalue weighted by Crippen LogP contribution is 2.20. The van der Waals surface area contributed by atoms with Crippen LogP contribution in [0.4, 0.5) is 0 Å². The van der Waals surface area contributed by atoms with Gasteiger partial charge in [-0.2, -0.15) is 17.0 Å². The number of carbonyl (C=O) groups excluding carboxylic acids is 1. The smallest absolute Gasteiger partial charge is 0.281 e. The minimum atomic E-state index is -3.35. The lowest BCUT2D eigenvalue weighted by molar-refractivity contribution is -0.126. The third-order valence-electron chi connectivity index (χ3n) is 3.47. The van der Waals surface area contributed by atoms with Gasteiger partial charge in [-0.05, 0) is 26.9 Å². The maximum atomic E-state index is 12.0. The highest BCUT2D eigenvalue weighted by Gasteiger charge is 2.31. The Morgan fingerprint density at radius 2 is 1.75 bits per heavy atom. The van der Waals surface area contributed by atoms with Crippen molar-refractivity contribution >= 4 is 16.1 Å². The van der Waals surface area contributed by atoms with Crippen LogP contribution in [-0.4, -0.2) is 82.2 Å². The molecule has 8 heteroatoms. The first-order chi connectivity index (χ1) is 9.25. The van der Waals surface area contributed by atoms with Crippen LogP contribution in [0.1, 0.15) is 12.8 Å². The maximum absolute atomic E-state index is 12.0. The Balaban J connectivity index is 2.40. The highest BCUT2D eigenvalue weighted by molar-refractivity contribution is 7.86. The fourth-order valence-electron chi connectivity index (χ4n) is 2.13. The number of hydrogen-bond donors (Lipinski definition) is 1. The number of nitrogens with zero attached hydrogens (tertiary/aromatic N) is 3. The van der Waals surface area contributed by atoms with Gasteiger partial charge in [-0.1, -0.05) is 0 Å². The fraction of sp³-hybridized carbons (Fsp3) is 0.917. The third-order valence-corrected chi connectivity index (χ3v) is 5.41. The molecule has 0 bridgehead atoms. The summed E-state index contributed by atoms with van der Waals surface area (Å²) < 4.78 is 26.6. The van der Waals surface area contributed by atoms with Gasteiger partial charge < -0.3 is 10.2 Å². The summed E-state index contributed by atoms with van der Waals surface area (Å²) in [7, 11) is 3.61. The lowest BCUT2D eigenvalue weighted by Crippen LogP contribution is -2.47. The standard InChI is InChI=1S/C12H26N4O3S/c1-14(2)10-7-13-12(17)11-5-8-16(9-6-11)20(18,19)15(3)4/h11H,5-10H2,1-4H3,(H,13,17). The molecule has 0 aromatic rings. The van der Waals surface area contributed by atoms with Gasteiger partial charge in [0.05, 0.1) is 0 Å². The van der Waals surface area contributed by atoms with Gasteiger partial charge in [0.25, 0.3) is 10.2 Å². The number of nitrogens with one attached hydrogen (secondary N) is 1. The van der Waals surface area contributed by atoms with E-state index in [1.165, 1.54) is 22.7 Å². The molecule has 0 aromatic carbocycles. The van der Waals surface area contributed by atoms with Gasteiger partial charge in [-0.3, -0.25) is 4.79 Å². The van der Waals surface area contributed by atoms with E-state index in [1.54, 1.807) is 0 Å². The van der Waals surface area contributed by atoms with Gasteiger partial charge in [0.1, 0.15) is 0 Å². The average Bonchev–Trinajstić information content (AvgIpc) is 2.38. The molecule has 20 heavy (non-hydrogen) atoms. The SMILES string of the molecule is CN(C)CCNC(=O)C1CCN(S(=O)(=O)N(C)C)CC1. The highest BCUT2D eigenvalue weighted by atomic mass is 32.2. The van der Waals surface area contributed by atoms with E-state index < -0.39 is 10.2 Å². The van der Waals surface area contributed by atoms with Gasteiger partial charge in [0.2, 0.25) is 5.91 Å². The molecule has 1 rings (SSSR count). The van der Waals surface area contributed by atoms with Crippen molar-refractivity contribution in [2.75, 3.05) is 54.4 Å². The molecule has 0 aromatic heterocycles. The van der Waals surface area contributed by atoms with Gasteiger partial charge in [0, 0.05) is 46.2 Å². The van der Waals surface area contributed by atoms with Crippen LogP contribution in [0, 0.1) is 5.92 Å². The minimum absolute atomic E-state index is 0.0359. The van der Waals surface area contributed by atoms with Crippen LogP contribution in [0.25, 0.3) is 0 Å². The molecule has 7 nitrogen and oxygen atoms in total. The van der Waals surface area contributed by atoms with Crippen LogP contribution >= 0.6 is 0 Å². The Bertz CT molecular complexity index is 414. The molecule has 1 N–H and O–H groups in total. The van der Waals surface area contributed by atoms with Crippen molar-refractivity contribution in [3.05, 3.63) is 0 Å². The first-order valence-corrected chi connectivity index (χ1v) is 8.25. The van der Waals surface area contributed by atoms with E-state index in [-0.39, 0.29) is 11.8 Å². The zero-order valence-corrected chi connectivity index (χ0v) is 13.6. The Labute approximate surface area is 122 Å². The molecule has 0 unspecified atom stereocenters. The number of piperidine rings is 1. The van der Waals surface area contributed by atoms with Crippen molar-refractivity contribution in [2.45, 2.75) is 12.8 Å². The van der Waals surface area contributed by atoms with E-state index in [1.807, 2.05) is 19.0 Å². The van der Waals surface area contributed by atoms with Crippen molar-refractivity contribution < 1.29 is 13.2 Å². The number of rotatable bonds is 6. The van der Waals surface area contributed by atoms with Crippen molar-refractivity contribution in [3.63, 3.8) is 0 Å². The molecule has 1 heterocycles. The first kappa shape index (κ1) is 17.4. The van der Waals surface area contributed by atoms with Crippen LogP contribution in [0.5, 0.6) is 0 Å². The van der Waals surface area contributed by atoms with E-state index >= 15 is 0 Å². The summed E-state index contributed by atoms with van der Waals surface area (Å²) in [5.41, 5.74) is 0. The second-order valence-electron chi connectivity index (χ2n) is 5.56. The van der Waals surface area contributed by atoms with Crippen molar-refractivity contribution in [3.8, 4) is 0 Å². The zero-order valence-electron chi connectivity index (χ0n) is 12.8. The van der Waals surface area contributed by atoms with Gasteiger partial charge >= 0.3 is 0 Å². The van der Waals surface area contributed by atoms with E-state index in [9.17, 15) is 13.2 Å². The lowest BCUT2D eigenvalue weighted by Gasteiger charge is -2.32. The maximum Gasteiger partial charge on any atom is 0.281 e. The molecular formula is C12H26N4O3S. The van der Waals surface area contributed by atoms with Crippen molar-refractivity contribution in [1.82, 2.24) is 18.8 Å².